The molecule has 1 aliphatic rings. The van der Waals surface area contributed by atoms with Gasteiger partial charge in [-0.05, 0) is 40.2 Å². The third-order valence-electron chi connectivity index (χ3n) is 5.09. The van der Waals surface area contributed by atoms with E-state index in [1.807, 2.05) is 83.2 Å². The Morgan fingerprint density at radius 1 is 0.964 bits per heavy atom. The van der Waals surface area contributed by atoms with Crippen molar-refractivity contribution in [1.29, 1.82) is 0 Å². The fraction of sp³-hybridized carbons (Fsp3) is 0.318. The highest BCUT2D eigenvalue weighted by Gasteiger charge is 2.53. The van der Waals surface area contributed by atoms with E-state index in [4.69, 9.17) is 9.31 Å². The zero-order valence-corrected chi connectivity index (χ0v) is 17.1. The summed E-state index contributed by atoms with van der Waals surface area (Å²) < 4.78 is 12.3. The fourth-order valence-electron chi connectivity index (χ4n) is 2.69. The number of rotatable bonds is 5. The molecule has 0 bridgehead atoms. The molecule has 2 heterocycles. The van der Waals surface area contributed by atoms with Crippen LogP contribution in [0, 0.1) is 0 Å². The minimum atomic E-state index is -0.647. The van der Waals surface area contributed by atoms with Crippen LogP contribution >= 0.6 is 0 Å². The maximum absolute atomic E-state index is 6.15. The number of hydrogen-bond acceptors (Lipinski definition) is 5. The Hall–Kier alpha value is -2.57. The third kappa shape index (κ3) is 4.13. The first-order valence-electron chi connectivity index (χ1n) is 9.37. The number of aromatic nitrogens is 3. The summed E-state index contributed by atoms with van der Waals surface area (Å²) >= 11 is 0. The van der Waals surface area contributed by atoms with Crippen LogP contribution in [0.1, 0.15) is 40.4 Å². The lowest BCUT2D eigenvalue weighted by Gasteiger charge is -2.32. The zero-order valence-electron chi connectivity index (χ0n) is 17.1. The van der Waals surface area contributed by atoms with E-state index in [1.54, 1.807) is 6.08 Å². The van der Waals surface area contributed by atoms with Crippen molar-refractivity contribution >= 4 is 18.4 Å². The Kier molecular flexibility index (Phi) is 5.63. The molecule has 1 fully saturated rings. The second-order valence-electron chi connectivity index (χ2n) is 7.77. The van der Waals surface area contributed by atoms with Crippen molar-refractivity contribution in [2.75, 3.05) is 0 Å². The van der Waals surface area contributed by atoms with E-state index in [0.29, 0.717) is 17.4 Å². The Bertz CT molecular complexity index is 905. The maximum atomic E-state index is 6.15. The Morgan fingerprint density at radius 2 is 1.61 bits per heavy atom. The number of allylic oxidation sites excluding steroid dienone is 5. The summed E-state index contributed by atoms with van der Waals surface area (Å²) in [5.41, 5.74) is 1.38. The van der Waals surface area contributed by atoms with Gasteiger partial charge in [0.15, 0.2) is 17.4 Å². The van der Waals surface area contributed by atoms with Gasteiger partial charge in [0, 0.05) is 5.56 Å². The van der Waals surface area contributed by atoms with Crippen molar-refractivity contribution in [2.45, 2.75) is 45.8 Å². The average molecular weight is 375 g/mol. The lowest BCUT2D eigenvalue weighted by atomic mass is 9.89. The summed E-state index contributed by atoms with van der Waals surface area (Å²) in [4.78, 5) is 14.0. The molecule has 3 rings (SSSR count). The van der Waals surface area contributed by atoms with Gasteiger partial charge in [-0.1, -0.05) is 61.2 Å². The normalized spacial score (nSPS) is 18.6. The SMILES string of the molecule is C=C/C=C\C=C(/C)c1nc(B2OC(C)(C)C(C)(C)O2)nc(-c2ccccc2)n1. The van der Waals surface area contributed by atoms with E-state index in [9.17, 15) is 0 Å². The number of benzene rings is 1. The van der Waals surface area contributed by atoms with Crippen LogP contribution < -0.4 is 5.72 Å². The topological polar surface area (TPSA) is 57.1 Å². The zero-order chi connectivity index (χ0) is 20.4. The van der Waals surface area contributed by atoms with Crippen LogP contribution in [0.4, 0.5) is 0 Å². The van der Waals surface area contributed by atoms with Crippen molar-refractivity contribution in [3.63, 3.8) is 0 Å². The molecular weight excluding hydrogens is 349 g/mol. The van der Waals surface area contributed by atoms with E-state index in [-0.39, 0.29) is 0 Å². The molecule has 1 saturated heterocycles. The van der Waals surface area contributed by atoms with Gasteiger partial charge in [0.2, 0.25) is 0 Å². The predicted octanol–water partition coefficient (Wildman–Crippen LogP) is 3.98. The Morgan fingerprint density at radius 3 is 2.21 bits per heavy atom. The van der Waals surface area contributed by atoms with Gasteiger partial charge in [0.05, 0.1) is 11.2 Å². The first-order valence-corrected chi connectivity index (χ1v) is 9.37. The van der Waals surface area contributed by atoms with Crippen molar-refractivity contribution in [3.05, 3.63) is 67.0 Å². The van der Waals surface area contributed by atoms with Gasteiger partial charge in [0.25, 0.3) is 0 Å². The van der Waals surface area contributed by atoms with Crippen molar-refractivity contribution < 1.29 is 9.31 Å². The van der Waals surface area contributed by atoms with Crippen LogP contribution in [-0.2, 0) is 9.31 Å². The first kappa shape index (κ1) is 20.2. The van der Waals surface area contributed by atoms with Gasteiger partial charge in [-0.25, -0.2) is 15.0 Å². The van der Waals surface area contributed by atoms with Crippen LogP contribution in [0.15, 0.2) is 61.2 Å². The second kappa shape index (κ2) is 7.82. The van der Waals surface area contributed by atoms with Gasteiger partial charge in [-0.15, -0.1) is 0 Å². The van der Waals surface area contributed by atoms with Crippen LogP contribution in [0.5, 0.6) is 0 Å². The van der Waals surface area contributed by atoms with Crippen LogP contribution in [-0.4, -0.2) is 33.3 Å². The standard InChI is InChI=1S/C22H26BN3O2/c1-7-8-10-13-16(2)18-24-19(17-14-11-9-12-15-17)26-20(25-18)23-27-21(3,4)22(5,6)28-23/h7-15H,1H2,2-6H3/b10-8-,16-13+. The van der Waals surface area contributed by atoms with Gasteiger partial charge in [-0.2, -0.15) is 0 Å². The highest BCUT2D eigenvalue weighted by Crippen LogP contribution is 2.36. The number of hydrogen-bond donors (Lipinski definition) is 0. The highest BCUT2D eigenvalue weighted by atomic mass is 16.7. The number of nitrogens with zero attached hydrogens (tertiary/aromatic N) is 3. The van der Waals surface area contributed by atoms with Gasteiger partial charge >= 0.3 is 7.12 Å². The summed E-state index contributed by atoms with van der Waals surface area (Å²) in [5, 5.41) is 0. The van der Waals surface area contributed by atoms with Gasteiger partial charge in [0.1, 0.15) is 0 Å². The second-order valence-corrected chi connectivity index (χ2v) is 7.77. The summed E-state index contributed by atoms with van der Waals surface area (Å²) in [5.74, 6) is 1.18. The monoisotopic (exact) mass is 375 g/mol. The molecule has 0 unspecified atom stereocenters. The highest BCUT2D eigenvalue weighted by molar-refractivity contribution is 6.60. The van der Waals surface area contributed by atoms with Crippen LogP contribution in [0.3, 0.4) is 0 Å². The predicted molar refractivity (Wildman–Crippen MR) is 114 cm³/mol. The van der Waals surface area contributed by atoms with E-state index >= 15 is 0 Å². The van der Waals surface area contributed by atoms with E-state index in [1.165, 1.54) is 0 Å². The molecule has 6 heteroatoms. The Labute approximate surface area is 167 Å². The summed E-state index contributed by atoms with van der Waals surface area (Å²) in [6.07, 6.45) is 7.43. The molecular formula is C22H26BN3O2. The lowest BCUT2D eigenvalue weighted by molar-refractivity contribution is 0.00578. The molecule has 28 heavy (non-hydrogen) atoms. The molecule has 0 radical (unpaired) electrons. The molecule has 0 amide bonds. The van der Waals surface area contributed by atoms with E-state index in [2.05, 4.69) is 21.5 Å². The minimum Gasteiger partial charge on any atom is -0.397 e. The Balaban J connectivity index is 2.07. The molecule has 1 aromatic carbocycles. The van der Waals surface area contributed by atoms with Crippen molar-refractivity contribution in [1.82, 2.24) is 15.0 Å². The molecule has 0 spiro atoms. The molecule has 2 aromatic rings. The molecule has 5 nitrogen and oxygen atoms in total. The third-order valence-corrected chi connectivity index (χ3v) is 5.09. The quantitative estimate of drug-likeness (QED) is 0.584. The average Bonchev–Trinajstić information content (AvgIpc) is 2.89. The molecule has 0 N–H and O–H groups in total. The van der Waals surface area contributed by atoms with E-state index < -0.39 is 18.3 Å². The largest absolute Gasteiger partial charge is 0.534 e. The molecule has 1 aliphatic heterocycles. The van der Waals surface area contributed by atoms with Gasteiger partial charge in [-0.3, -0.25) is 0 Å². The first-order chi connectivity index (χ1) is 13.2. The van der Waals surface area contributed by atoms with Crippen LogP contribution in [0.25, 0.3) is 17.0 Å². The van der Waals surface area contributed by atoms with Crippen molar-refractivity contribution in [3.8, 4) is 11.4 Å². The molecule has 0 atom stereocenters. The van der Waals surface area contributed by atoms with Crippen molar-refractivity contribution in [2.24, 2.45) is 0 Å². The smallest absolute Gasteiger partial charge is 0.397 e. The van der Waals surface area contributed by atoms with Gasteiger partial charge < -0.3 is 9.31 Å². The summed E-state index contributed by atoms with van der Waals surface area (Å²) in [6, 6.07) is 9.84. The molecule has 0 saturated carbocycles. The summed E-state index contributed by atoms with van der Waals surface area (Å²) in [6.45, 7) is 13.7. The maximum Gasteiger partial charge on any atom is 0.534 e. The lowest BCUT2D eigenvalue weighted by Crippen LogP contribution is -2.41. The fourth-order valence-corrected chi connectivity index (χ4v) is 2.69. The van der Waals surface area contributed by atoms with Crippen LogP contribution in [0.2, 0.25) is 0 Å². The minimum absolute atomic E-state index is 0.463. The summed E-state index contributed by atoms with van der Waals surface area (Å²) in [7, 11) is -0.647. The molecule has 1 aromatic heterocycles. The van der Waals surface area contributed by atoms with E-state index in [0.717, 1.165) is 11.1 Å². The molecule has 0 aliphatic carbocycles. The molecule has 144 valence electrons.